The molecule has 0 radical (unpaired) electrons. The topological polar surface area (TPSA) is 112 Å². The summed E-state index contributed by atoms with van der Waals surface area (Å²) in [7, 11) is -2.40. The summed E-state index contributed by atoms with van der Waals surface area (Å²) in [5, 5.41) is 8.25. The van der Waals surface area contributed by atoms with Crippen LogP contribution in [0.3, 0.4) is 0 Å². The van der Waals surface area contributed by atoms with Crippen LogP contribution in [-0.4, -0.2) is 42.2 Å². The highest BCUT2D eigenvalue weighted by Gasteiger charge is 2.41. The van der Waals surface area contributed by atoms with E-state index in [-0.39, 0.29) is 23.7 Å². The van der Waals surface area contributed by atoms with Gasteiger partial charge in [-0.3, -0.25) is 4.98 Å². The molecule has 1 atom stereocenters. The maximum absolute atomic E-state index is 14.6. The summed E-state index contributed by atoms with van der Waals surface area (Å²) in [6.07, 6.45) is 1.81. The van der Waals surface area contributed by atoms with E-state index < -0.39 is 27.1 Å². The monoisotopic (exact) mass is 467 g/mol. The smallest absolute Gasteiger partial charge is 0.239 e. The van der Waals surface area contributed by atoms with Gasteiger partial charge in [-0.2, -0.15) is 0 Å². The zero-order valence-corrected chi connectivity index (χ0v) is 17.7. The van der Waals surface area contributed by atoms with E-state index in [2.05, 4.69) is 25.9 Å². The molecule has 0 unspecified atom stereocenters. The minimum Gasteiger partial charge on any atom is -0.369 e. The van der Waals surface area contributed by atoms with Gasteiger partial charge < -0.3 is 11.1 Å². The maximum Gasteiger partial charge on any atom is 0.239 e. The molecule has 0 fully saturated rings. The van der Waals surface area contributed by atoms with E-state index in [0.29, 0.717) is 11.3 Å². The first-order valence-corrected chi connectivity index (χ1v) is 10.7. The Balaban J connectivity index is 1.96. The Kier molecular flexibility index (Phi) is 5.28. The van der Waals surface area contributed by atoms with Gasteiger partial charge >= 0.3 is 0 Å². The molecule has 1 aromatic heterocycles. The Morgan fingerprint density at radius 2 is 2.11 bits per heavy atom. The molecule has 0 spiro atoms. The summed E-state index contributed by atoms with van der Waals surface area (Å²) in [6.45, 7) is 1.54. The van der Waals surface area contributed by atoms with Crippen LogP contribution in [-0.2, 0) is 22.0 Å². The van der Waals surface area contributed by atoms with Gasteiger partial charge in [0.25, 0.3) is 0 Å². The molecular weight excluding hydrogens is 449 g/mol. The Morgan fingerprint density at radius 1 is 1.39 bits per heavy atom. The summed E-state index contributed by atoms with van der Waals surface area (Å²) >= 11 is 3.30. The van der Waals surface area contributed by atoms with Crippen LogP contribution in [0.15, 0.2) is 46.0 Å². The first-order valence-electron chi connectivity index (χ1n) is 8.32. The molecule has 148 valence electrons. The Bertz CT molecular complexity index is 1070. The molecule has 0 bridgehead atoms. The predicted molar refractivity (Wildman–Crippen MR) is 109 cm³/mol. The highest BCUT2D eigenvalue weighted by Crippen LogP contribution is 2.34. The molecule has 1 aromatic carbocycles. The van der Waals surface area contributed by atoms with Crippen molar-refractivity contribution in [3.63, 3.8) is 0 Å². The second-order valence-corrected chi connectivity index (χ2v) is 9.71. The molecule has 1 aliphatic rings. The molecule has 2 heterocycles. The molecule has 7 nitrogen and oxygen atoms in total. The molecule has 0 saturated heterocycles. The SMILES string of the molecule is CN1C(N)=N[C@](C)(c2cc(CC(=N)c3ccc(Br)cn3)ccc2F)CS1(=O)=O. The average molecular weight is 468 g/mol. The van der Waals surface area contributed by atoms with Crippen LogP contribution < -0.4 is 5.73 Å². The van der Waals surface area contributed by atoms with Gasteiger partial charge in [-0.05, 0) is 46.6 Å². The number of aromatic nitrogens is 1. The van der Waals surface area contributed by atoms with Gasteiger partial charge in [0.2, 0.25) is 16.0 Å². The number of hydrogen-bond donors (Lipinski definition) is 2. The fourth-order valence-electron chi connectivity index (χ4n) is 3.03. The van der Waals surface area contributed by atoms with Crippen LogP contribution in [0.25, 0.3) is 0 Å². The van der Waals surface area contributed by atoms with E-state index >= 15 is 0 Å². The fraction of sp³-hybridized carbons (Fsp3) is 0.278. The molecule has 3 rings (SSSR count). The predicted octanol–water partition coefficient (Wildman–Crippen LogP) is 2.40. The van der Waals surface area contributed by atoms with Crippen molar-refractivity contribution < 1.29 is 12.8 Å². The molecule has 0 aliphatic carbocycles. The summed E-state index contributed by atoms with van der Waals surface area (Å²) < 4.78 is 41.0. The number of nitrogens with zero attached hydrogens (tertiary/aromatic N) is 3. The first-order chi connectivity index (χ1) is 13.0. The van der Waals surface area contributed by atoms with Crippen molar-refractivity contribution in [1.29, 1.82) is 5.41 Å². The molecule has 28 heavy (non-hydrogen) atoms. The van der Waals surface area contributed by atoms with Crippen molar-refractivity contribution >= 4 is 37.6 Å². The second kappa shape index (κ2) is 7.25. The van der Waals surface area contributed by atoms with Gasteiger partial charge in [-0.1, -0.05) is 12.1 Å². The third-order valence-electron chi connectivity index (χ3n) is 4.59. The zero-order valence-electron chi connectivity index (χ0n) is 15.3. The maximum atomic E-state index is 14.6. The van der Waals surface area contributed by atoms with Gasteiger partial charge in [0.05, 0.1) is 17.2 Å². The number of aliphatic imine (C=N–C) groups is 1. The lowest BCUT2D eigenvalue weighted by Gasteiger charge is -2.34. The molecule has 1 aliphatic heterocycles. The molecule has 3 N–H and O–H groups in total. The van der Waals surface area contributed by atoms with E-state index in [1.54, 1.807) is 30.5 Å². The Morgan fingerprint density at radius 3 is 2.71 bits per heavy atom. The van der Waals surface area contributed by atoms with E-state index in [4.69, 9.17) is 11.1 Å². The number of benzene rings is 1. The summed E-state index contributed by atoms with van der Waals surface area (Å²) in [4.78, 5) is 8.43. The summed E-state index contributed by atoms with van der Waals surface area (Å²) in [5.74, 6) is -1.16. The van der Waals surface area contributed by atoms with Gasteiger partial charge in [0.15, 0.2) is 0 Å². The molecule has 10 heteroatoms. The van der Waals surface area contributed by atoms with Gasteiger partial charge in [-0.15, -0.1) is 0 Å². The number of nitrogens with one attached hydrogen (secondary N) is 1. The van der Waals surface area contributed by atoms with E-state index in [0.717, 1.165) is 8.78 Å². The van der Waals surface area contributed by atoms with Crippen molar-refractivity contribution in [1.82, 2.24) is 9.29 Å². The molecular formula is C18H19BrFN5O2S. The number of rotatable bonds is 4. The highest BCUT2D eigenvalue weighted by atomic mass is 79.9. The normalized spacial score (nSPS) is 21.3. The van der Waals surface area contributed by atoms with Crippen LogP contribution in [0.5, 0.6) is 0 Å². The largest absolute Gasteiger partial charge is 0.369 e. The number of sulfonamides is 1. The van der Waals surface area contributed by atoms with E-state index in [1.165, 1.54) is 20.0 Å². The van der Waals surface area contributed by atoms with Crippen molar-refractivity contribution in [2.24, 2.45) is 10.7 Å². The number of nitrogens with two attached hydrogens (primary N) is 1. The van der Waals surface area contributed by atoms with E-state index in [9.17, 15) is 12.8 Å². The third kappa shape index (κ3) is 3.93. The summed E-state index contributed by atoms with van der Waals surface area (Å²) in [6, 6.07) is 7.86. The number of guanidine groups is 1. The lowest BCUT2D eigenvalue weighted by atomic mass is 9.91. The lowest BCUT2D eigenvalue weighted by Crippen LogP contribution is -2.50. The van der Waals surface area contributed by atoms with Crippen LogP contribution in [0.2, 0.25) is 0 Å². The van der Waals surface area contributed by atoms with Crippen molar-refractivity contribution in [3.05, 3.63) is 63.6 Å². The average Bonchev–Trinajstić information content (AvgIpc) is 2.61. The van der Waals surface area contributed by atoms with Gasteiger partial charge in [0.1, 0.15) is 11.4 Å². The zero-order chi connectivity index (χ0) is 20.7. The quantitative estimate of drug-likeness (QED) is 0.671. The van der Waals surface area contributed by atoms with Crippen molar-refractivity contribution in [2.75, 3.05) is 12.8 Å². The Hall–Kier alpha value is -2.33. The van der Waals surface area contributed by atoms with Crippen LogP contribution in [0.1, 0.15) is 23.7 Å². The van der Waals surface area contributed by atoms with Gasteiger partial charge in [-0.25, -0.2) is 22.1 Å². The van der Waals surface area contributed by atoms with Crippen LogP contribution in [0.4, 0.5) is 4.39 Å². The van der Waals surface area contributed by atoms with Crippen molar-refractivity contribution in [3.8, 4) is 0 Å². The fourth-order valence-corrected chi connectivity index (χ4v) is 4.72. The van der Waals surface area contributed by atoms with Crippen LogP contribution >= 0.6 is 15.9 Å². The number of hydrogen-bond acceptors (Lipinski definition) is 6. The third-order valence-corrected chi connectivity index (χ3v) is 7.01. The number of pyridine rings is 1. The van der Waals surface area contributed by atoms with Crippen LogP contribution in [0, 0.1) is 11.2 Å². The molecule has 2 aromatic rings. The first kappa shape index (κ1) is 20.4. The highest BCUT2D eigenvalue weighted by molar-refractivity contribution is 9.10. The number of halogens is 2. The molecule has 0 saturated carbocycles. The minimum absolute atomic E-state index is 0.126. The van der Waals surface area contributed by atoms with E-state index in [1.807, 2.05) is 0 Å². The lowest BCUT2D eigenvalue weighted by molar-refractivity contribution is 0.457. The Labute approximate surface area is 171 Å². The van der Waals surface area contributed by atoms with Gasteiger partial charge in [0, 0.05) is 29.7 Å². The van der Waals surface area contributed by atoms with Crippen molar-refractivity contribution in [2.45, 2.75) is 18.9 Å². The second-order valence-electron chi connectivity index (χ2n) is 6.80. The standard InChI is InChI=1S/C18H19BrFN5O2S/c1-18(10-28(26,27)25(2)17(22)24-18)13-7-11(3-5-14(13)20)8-15(21)16-6-4-12(19)9-23-16/h3-7,9,21H,8,10H2,1-2H3,(H2,22,24)/t18-/m0/s1. The minimum atomic E-state index is -3.71. The molecule has 0 amide bonds. The summed E-state index contributed by atoms with van der Waals surface area (Å²) in [5.41, 5.74) is 5.94.